The minimum Gasteiger partial charge on any atom is -0.490 e. The number of halogens is 2. The number of aliphatic hydroxyl groups is 1. The van der Waals surface area contributed by atoms with Gasteiger partial charge in [-0.15, -0.1) is 20.4 Å². The average molecular weight is 1040 g/mol. The molecule has 1 unspecified atom stereocenters. The molecule has 2 aromatic carbocycles. The van der Waals surface area contributed by atoms with E-state index in [1.165, 1.54) is 0 Å². The van der Waals surface area contributed by atoms with Crippen molar-refractivity contribution in [3.63, 3.8) is 0 Å². The van der Waals surface area contributed by atoms with Crippen LogP contribution in [0.15, 0.2) is 60.7 Å². The average Bonchev–Trinajstić information content (AvgIpc) is 3.42. The van der Waals surface area contributed by atoms with Crippen molar-refractivity contribution in [1.29, 1.82) is 10.5 Å². The fourth-order valence-electron chi connectivity index (χ4n) is 10.7. The van der Waals surface area contributed by atoms with Gasteiger partial charge in [-0.05, 0) is 126 Å². The summed E-state index contributed by atoms with van der Waals surface area (Å²) >= 11 is 12.4. The van der Waals surface area contributed by atoms with E-state index >= 15 is 0 Å². The molecule has 3 saturated heterocycles. The lowest BCUT2D eigenvalue weighted by Crippen LogP contribution is -2.52. The van der Waals surface area contributed by atoms with Crippen LogP contribution in [0.2, 0.25) is 10.0 Å². The van der Waals surface area contributed by atoms with E-state index in [0.29, 0.717) is 56.6 Å². The number of hydrogen-bond acceptors (Lipinski definition) is 16. The zero-order valence-electron chi connectivity index (χ0n) is 41.1. The molecule has 4 aromatic rings. The first-order valence-corrected chi connectivity index (χ1v) is 26.6. The number of nitrogens with zero attached hydrogens (tertiary/aromatic N) is 10. The third kappa shape index (κ3) is 13.9. The van der Waals surface area contributed by atoms with Gasteiger partial charge in [-0.2, -0.15) is 10.5 Å². The summed E-state index contributed by atoms with van der Waals surface area (Å²) in [6.07, 6.45) is 9.31. The van der Waals surface area contributed by atoms with Crippen LogP contribution in [-0.2, 0) is 4.74 Å². The highest BCUT2D eigenvalue weighted by Gasteiger charge is 2.35. The van der Waals surface area contributed by atoms with Crippen LogP contribution in [0.4, 0.5) is 11.6 Å². The maximum absolute atomic E-state index is 13.2. The van der Waals surface area contributed by atoms with E-state index in [1.54, 1.807) is 48.5 Å². The Balaban J connectivity index is 0.678. The maximum atomic E-state index is 13.2. The van der Waals surface area contributed by atoms with Crippen molar-refractivity contribution < 1.29 is 28.9 Å². The summed E-state index contributed by atoms with van der Waals surface area (Å²) in [4.78, 5) is 35.6. The molecule has 386 valence electrons. The summed E-state index contributed by atoms with van der Waals surface area (Å²) in [7, 11) is 0. The fourth-order valence-corrected chi connectivity index (χ4v) is 11.1. The van der Waals surface area contributed by atoms with E-state index in [-0.39, 0.29) is 48.4 Å². The van der Waals surface area contributed by atoms with Crippen LogP contribution in [0, 0.1) is 28.6 Å². The van der Waals surface area contributed by atoms with Gasteiger partial charge in [0.1, 0.15) is 29.9 Å². The largest absolute Gasteiger partial charge is 0.490 e. The van der Waals surface area contributed by atoms with Gasteiger partial charge in [-0.25, -0.2) is 0 Å². The monoisotopic (exact) mass is 1030 g/mol. The highest BCUT2D eigenvalue weighted by Crippen LogP contribution is 2.32. The van der Waals surface area contributed by atoms with Gasteiger partial charge < -0.3 is 39.8 Å². The zero-order valence-corrected chi connectivity index (χ0v) is 42.6. The van der Waals surface area contributed by atoms with E-state index in [4.69, 9.17) is 47.9 Å². The van der Waals surface area contributed by atoms with E-state index in [2.05, 4.69) is 62.8 Å². The number of nitriles is 2. The van der Waals surface area contributed by atoms with Crippen molar-refractivity contribution in [3.8, 4) is 23.6 Å². The Bertz CT molecular complexity index is 2560. The second-order valence-electron chi connectivity index (χ2n) is 19.9. The predicted molar refractivity (Wildman–Crippen MR) is 275 cm³/mol. The number of nitrogens with one attached hydrogen (secondary N) is 2. The lowest BCUT2D eigenvalue weighted by Gasteiger charge is -2.43. The minimum absolute atomic E-state index is 0.0111. The molecule has 0 spiro atoms. The van der Waals surface area contributed by atoms with Crippen LogP contribution in [0.3, 0.4) is 0 Å². The molecule has 73 heavy (non-hydrogen) atoms. The molecule has 3 aliphatic heterocycles. The van der Waals surface area contributed by atoms with Crippen molar-refractivity contribution in [2.24, 2.45) is 5.92 Å². The molecule has 1 atom stereocenters. The zero-order chi connectivity index (χ0) is 50.7. The number of likely N-dealkylation sites (tertiary alicyclic amines) is 1. The molecular weight excluding hydrogens is 972 g/mol. The molecular formula is C53H64Cl2N12O6. The number of carbonyl (C=O) groups is 2. The molecule has 2 amide bonds. The van der Waals surface area contributed by atoms with Gasteiger partial charge in [-0.3, -0.25) is 19.4 Å². The summed E-state index contributed by atoms with van der Waals surface area (Å²) in [5.41, 5.74) is 1.42. The summed E-state index contributed by atoms with van der Waals surface area (Å²) < 4.78 is 19.0. The van der Waals surface area contributed by atoms with Crippen LogP contribution in [0.1, 0.15) is 109 Å². The van der Waals surface area contributed by atoms with Crippen molar-refractivity contribution in [2.45, 2.75) is 114 Å². The van der Waals surface area contributed by atoms with Crippen molar-refractivity contribution in [2.75, 3.05) is 75.3 Å². The third-order valence-corrected chi connectivity index (χ3v) is 15.7. The molecule has 3 N–H and O–H groups in total. The SMILES string of the molecule is N#Cc1ccc(OC2CCC(NC(=O)c3ccc(N4CCC(C(OCCN5CCN(c6ccc(C(=O)NC7CCC(Oc8ccc(C#N)c(Cl)c8)CC7)nn6)CC5)N5CCC(O)CC5)CC4)nn3)CC2)cc1Cl. The minimum atomic E-state index is -0.270. The number of aromatic nitrogens is 4. The number of piperidine rings is 2. The van der Waals surface area contributed by atoms with E-state index in [0.717, 1.165) is 148 Å². The number of aliphatic hydroxyl groups excluding tert-OH is 1. The number of anilines is 2. The lowest BCUT2D eigenvalue weighted by atomic mass is 9.92. The Hall–Kier alpha value is -5.86. The molecule has 5 heterocycles. The second kappa shape index (κ2) is 24.9. The van der Waals surface area contributed by atoms with Crippen LogP contribution >= 0.6 is 23.2 Å². The van der Waals surface area contributed by atoms with Crippen molar-refractivity contribution in [1.82, 2.24) is 40.8 Å². The number of rotatable bonds is 16. The lowest BCUT2D eigenvalue weighted by molar-refractivity contribution is -0.117. The van der Waals surface area contributed by atoms with Gasteiger partial charge in [0.15, 0.2) is 23.0 Å². The number of hydrogen-bond donors (Lipinski definition) is 3. The first kappa shape index (κ1) is 52.0. The molecule has 2 aromatic heterocycles. The highest BCUT2D eigenvalue weighted by molar-refractivity contribution is 6.32. The first-order valence-electron chi connectivity index (χ1n) is 25.8. The van der Waals surface area contributed by atoms with Gasteiger partial charge >= 0.3 is 0 Å². The summed E-state index contributed by atoms with van der Waals surface area (Å²) in [6.45, 7) is 7.91. The first-order chi connectivity index (χ1) is 35.6. The molecule has 9 rings (SSSR count). The quantitative estimate of drug-likeness (QED) is 0.111. The molecule has 5 fully saturated rings. The molecule has 20 heteroatoms. The number of piperazine rings is 1. The van der Waals surface area contributed by atoms with E-state index in [9.17, 15) is 14.7 Å². The number of ether oxygens (including phenoxy) is 3. The van der Waals surface area contributed by atoms with Crippen LogP contribution in [-0.4, -0.2) is 149 Å². The summed E-state index contributed by atoms with van der Waals surface area (Å²) in [5, 5.41) is 53.2. The maximum Gasteiger partial charge on any atom is 0.272 e. The molecule has 2 aliphatic carbocycles. The summed E-state index contributed by atoms with van der Waals surface area (Å²) in [5.74, 6) is 2.65. The Labute approximate surface area is 436 Å². The van der Waals surface area contributed by atoms with Crippen molar-refractivity contribution in [3.05, 3.63) is 93.2 Å². The van der Waals surface area contributed by atoms with Gasteiger partial charge in [0.05, 0.1) is 46.1 Å². The molecule has 5 aliphatic rings. The Kier molecular flexibility index (Phi) is 17.8. The Morgan fingerprint density at radius 1 is 0.616 bits per heavy atom. The number of benzene rings is 2. The highest BCUT2D eigenvalue weighted by atomic mass is 35.5. The van der Waals surface area contributed by atoms with E-state index < -0.39 is 0 Å². The van der Waals surface area contributed by atoms with E-state index in [1.807, 2.05) is 12.1 Å². The fraction of sp³-hybridized carbons (Fsp3) is 0.547. The van der Waals surface area contributed by atoms with Gasteiger partial charge in [0, 0.05) is 89.0 Å². The Morgan fingerprint density at radius 3 is 1.53 bits per heavy atom. The number of amides is 2. The molecule has 0 bridgehead atoms. The molecule has 2 saturated carbocycles. The van der Waals surface area contributed by atoms with Crippen LogP contribution in [0.5, 0.6) is 11.5 Å². The Morgan fingerprint density at radius 2 is 1.10 bits per heavy atom. The van der Waals surface area contributed by atoms with Gasteiger partial charge in [0.2, 0.25) is 0 Å². The molecule has 0 radical (unpaired) electrons. The summed E-state index contributed by atoms with van der Waals surface area (Å²) in [6, 6.07) is 21.6. The van der Waals surface area contributed by atoms with Crippen LogP contribution < -0.4 is 29.9 Å². The predicted octanol–water partition coefficient (Wildman–Crippen LogP) is 6.39. The standard InChI is InChI=1S/C53H64Cl2N12O6/c54-45-31-43(7-1-36(45)33-56)72-41-9-3-38(4-10-41)58-51(69)47-13-15-49(62-60-47)65-21-17-35(18-22-65)53(67-23-19-40(68)20-24-67)71-30-29-64-25-27-66(28-26-64)50-16-14-48(61-63-50)52(70)59-39-5-11-42(12-6-39)73-44-8-2-37(34-57)46(55)32-44/h1-2,7-8,13-16,31-32,35,38-42,53,68H,3-6,9-12,17-30H2,(H,58,69)(H,59,70). The second-order valence-corrected chi connectivity index (χ2v) is 20.7. The third-order valence-electron chi connectivity index (χ3n) is 15.0. The van der Waals surface area contributed by atoms with Crippen molar-refractivity contribution >= 4 is 46.7 Å². The van der Waals surface area contributed by atoms with Crippen LogP contribution in [0.25, 0.3) is 0 Å². The smallest absolute Gasteiger partial charge is 0.272 e. The number of carbonyl (C=O) groups excluding carboxylic acids is 2. The van der Waals surface area contributed by atoms with Gasteiger partial charge in [-0.1, -0.05) is 23.2 Å². The molecule has 18 nitrogen and oxygen atoms in total. The normalized spacial score (nSPS) is 22.9. The van der Waals surface area contributed by atoms with Gasteiger partial charge in [0.25, 0.3) is 11.8 Å². The topological polar surface area (TPSA) is 218 Å².